The Labute approximate surface area is 89.6 Å². The first kappa shape index (κ1) is 11.5. The van der Waals surface area contributed by atoms with Crippen molar-refractivity contribution in [2.75, 3.05) is 0 Å². The first-order valence-corrected chi connectivity index (χ1v) is 5.90. The van der Waals surface area contributed by atoms with E-state index >= 15 is 0 Å². The normalized spacial score (nSPS) is 11.5. The Morgan fingerprint density at radius 1 is 1.33 bits per heavy atom. The van der Waals surface area contributed by atoms with Crippen molar-refractivity contribution in [1.29, 1.82) is 5.26 Å². The lowest BCUT2D eigenvalue weighted by Gasteiger charge is -2.04. The van der Waals surface area contributed by atoms with E-state index in [-0.39, 0.29) is 4.90 Å². The predicted octanol–water partition coefficient (Wildman–Crippen LogP) is 2.11. The summed E-state index contributed by atoms with van der Waals surface area (Å²) in [5.74, 6) is 0. The third kappa shape index (κ3) is 2.67. The van der Waals surface area contributed by atoms with Gasteiger partial charge in [0.1, 0.15) is 0 Å². The van der Waals surface area contributed by atoms with Crippen molar-refractivity contribution in [2.24, 2.45) is 0 Å². The second-order valence-electron chi connectivity index (χ2n) is 3.25. The molecule has 1 aromatic carbocycles. The van der Waals surface area contributed by atoms with E-state index in [1.807, 2.05) is 13.0 Å². The van der Waals surface area contributed by atoms with Gasteiger partial charge in [-0.05, 0) is 31.0 Å². The van der Waals surface area contributed by atoms with Gasteiger partial charge in [-0.2, -0.15) is 5.26 Å². The maximum absolute atomic E-state index is 11.7. The molecule has 0 radical (unpaired) electrons. The van der Waals surface area contributed by atoms with Crippen molar-refractivity contribution in [3.05, 3.63) is 40.8 Å². The summed E-state index contributed by atoms with van der Waals surface area (Å²) in [6.07, 6.45) is 0.969. The third-order valence-corrected chi connectivity index (χ3v) is 3.52. The molecule has 0 aliphatic carbocycles. The molecule has 0 bridgehead atoms. The quantitative estimate of drug-likeness (QED) is 0.719. The van der Waals surface area contributed by atoms with Gasteiger partial charge >= 0.3 is 0 Å². The molecular weight excluding hydrogens is 210 g/mol. The minimum absolute atomic E-state index is 0.258. The van der Waals surface area contributed by atoms with E-state index in [1.54, 1.807) is 25.1 Å². The van der Waals surface area contributed by atoms with Crippen LogP contribution in [-0.2, 0) is 9.84 Å². The lowest BCUT2D eigenvalue weighted by Crippen LogP contribution is -1.99. The number of sulfone groups is 1. The maximum Gasteiger partial charge on any atom is 0.200 e. The van der Waals surface area contributed by atoms with E-state index in [4.69, 9.17) is 5.26 Å². The number of aryl methyl sites for hydroxylation is 2. The highest BCUT2D eigenvalue weighted by molar-refractivity contribution is 7.94. The molecule has 1 rings (SSSR count). The van der Waals surface area contributed by atoms with Crippen molar-refractivity contribution in [1.82, 2.24) is 0 Å². The number of hydrogen-bond donors (Lipinski definition) is 0. The van der Waals surface area contributed by atoms with Crippen LogP contribution in [0.4, 0.5) is 0 Å². The van der Waals surface area contributed by atoms with E-state index in [0.717, 1.165) is 17.0 Å². The van der Waals surface area contributed by atoms with Crippen molar-refractivity contribution in [3.63, 3.8) is 0 Å². The van der Waals surface area contributed by atoms with Crippen molar-refractivity contribution in [3.8, 4) is 6.07 Å². The van der Waals surface area contributed by atoms with Gasteiger partial charge in [0.2, 0.25) is 9.84 Å². The van der Waals surface area contributed by atoms with Gasteiger partial charge < -0.3 is 0 Å². The van der Waals surface area contributed by atoms with Crippen LogP contribution in [0.15, 0.2) is 34.6 Å². The zero-order chi connectivity index (χ0) is 11.5. The summed E-state index contributed by atoms with van der Waals surface area (Å²) in [7, 11) is -3.48. The molecule has 0 N–H and O–H groups in total. The first-order chi connectivity index (χ1) is 6.97. The van der Waals surface area contributed by atoms with Gasteiger partial charge in [0.15, 0.2) is 0 Å². The Morgan fingerprint density at radius 3 is 2.60 bits per heavy atom. The lowest BCUT2D eigenvalue weighted by atomic mass is 10.2. The van der Waals surface area contributed by atoms with Gasteiger partial charge in [-0.25, -0.2) is 8.42 Å². The molecule has 1 aromatic rings. The summed E-state index contributed by atoms with van der Waals surface area (Å²) in [5.41, 5.74) is 1.56. The zero-order valence-electron chi connectivity index (χ0n) is 8.56. The number of nitriles is 1. The molecular formula is C11H11NO2S. The molecule has 4 heteroatoms. The molecule has 0 aliphatic rings. The fraction of sp³-hybridized carbons (Fsp3) is 0.182. The minimum atomic E-state index is -3.48. The Kier molecular flexibility index (Phi) is 3.28. The smallest absolute Gasteiger partial charge is 0.200 e. The van der Waals surface area contributed by atoms with Gasteiger partial charge in [0.25, 0.3) is 0 Å². The summed E-state index contributed by atoms with van der Waals surface area (Å²) < 4.78 is 23.5. The van der Waals surface area contributed by atoms with Crippen LogP contribution in [0, 0.1) is 25.2 Å². The van der Waals surface area contributed by atoms with E-state index in [9.17, 15) is 8.42 Å². The van der Waals surface area contributed by atoms with E-state index < -0.39 is 9.84 Å². The predicted molar refractivity (Wildman–Crippen MR) is 57.9 cm³/mol. The third-order valence-electron chi connectivity index (χ3n) is 1.97. The second-order valence-corrected chi connectivity index (χ2v) is 5.05. The lowest BCUT2D eigenvalue weighted by molar-refractivity contribution is 0.604. The Hall–Kier alpha value is -1.60. The highest BCUT2D eigenvalue weighted by atomic mass is 32.2. The maximum atomic E-state index is 11.7. The summed E-state index contributed by atoms with van der Waals surface area (Å²) in [6.45, 7) is 3.55. The molecule has 0 aromatic heterocycles. The summed E-state index contributed by atoms with van der Waals surface area (Å²) in [6, 6.07) is 6.87. The van der Waals surface area contributed by atoms with Crippen LogP contribution in [0.5, 0.6) is 0 Å². The molecule has 0 atom stereocenters. The van der Waals surface area contributed by atoms with Crippen LogP contribution in [-0.4, -0.2) is 8.42 Å². The average molecular weight is 221 g/mol. The second kappa shape index (κ2) is 4.28. The molecule has 15 heavy (non-hydrogen) atoms. The molecule has 78 valence electrons. The largest absolute Gasteiger partial charge is 0.219 e. The van der Waals surface area contributed by atoms with Crippen LogP contribution in [0.3, 0.4) is 0 Å². The van der Waals surface area contributed by atoms with Crippen LogP contribution >= 0.6 is 0 Å². The van der Waals surface area contributed by atoms with Crippen LogP contribution in [0.25, 0.3) is 0 Å². The Morgan fingerprint density at radius 2 is 2.00 bits per heavy atom. The molecule has 0 amide bonds. The molecule has 0 aliphatic heterocycles. The standard InChI is InChI=1S/C11H11NO2S/c1-9-4-5-10(2)11(8-9)15(13,14)7-3-6-12/h3-5,7-8H,1-2H3. The monoisotopic (exact) mass is 221 g/mol. The molecule has 0 saturated heterocycles. The highest BCUT2D eigenvalue weighted by Crippen LogP contribution is 2.18. The van der Waals surface area contributed by atoms with E-state index in [1.165, 1.54) is 0 Å². The van der Waals surface area contributed by atoms with E-state index in [2.05, 4.69) is 0 Å². The fourth-order valence-electron chi connectivity index (χ4n) is 1.21. The molecule has 3 nitrogen and oxygen atoms in total. The van der Waals surface area contributed by atoms with Gasteiger partial charge in [-0.15, -0.1) is 0 Å². The van der Waals surface area contributed by atoms with Gasteiger partial charge in [-0.3, -0.25) is 0 Å². The number of allylic oxidation sites excluding steroid dienone is 1. The first-order valence-electron chi connectivity index (χ1n) is 4.36. The van der Waals surface area contributed by atoms with Crippen LogP contribution < -0.4 is 0 Å². The zero-order valence-corrected chi connectivity index (χ0v) is 9.38. The fourth-order valence-corrected chi connectivity index (χ4v) is 2.46. The van der Waals surface area contributed by atoms with Gasteiger partial charge in [0.05, 0.1) is 11.0 Å². The topological polar surface area (TPSA) is 57.9 Å². The van der Waals surface area contributed by atoms with Crippen molar-refractivity contribution in [2.45, 2.75) is 18.7 Å². The van der Waals surface area contributed by atoms with Crippen LogP contribution in [0.1, 0.15) is 11.1 Å². The van der Waals surface area contributed by atoms with Crippen molar-refractivity contribution < 1.29 is 8.42 Å². The number of rotatable bonds is 2. The summed E-state index contributed by atoms with van der Waals surface area (Å²) in [5, 5.41) is 9.22. The van der Waals surface area contributed by atoms with Crippen LogP contribution in [0.2, 0.25) is 0 Å². The molecule has 0 unspecified atom stereocenters. The average Bonchev–Trinajstić information content (AvgIpc) is 2.18. The summed E-state index contributed by atoms with van der Waals surface area (Å²) in [4.78, 5) is 0.258. The minimum Gasteiger partial charge on any atom is -0.219 e. The molecule has 0 spiro atoms. The van der Waals surface area contributed by atoms with Gasteiger partial charge in [0, 0.05) is 11.5 Å². The Bertz CT molecular complexity index is 536. The summed E-state index contributed by atoms with van der Waals surface area (Å²) >= 11 is 0. The molecule has 0 heterocycles. The van der Waals surface area contributed by atoms with E-state index in [0.29, 0.717) is 5.56 Å². The molecule has 0 fully saturated rings. The number of nitrogens with zero attached hydrogens (tertiary/aromatic N) is 1. The van der Waals surface area contributed by atoms with Gasteiger partial charge in [-0.1, -0.05) is 12.1 Å². The Balaban J connectivity index is 3.34. The highest BCUT2D eigenvalue weighted by Gasteiger charge is 2.13. The molecule has 0 saturated carbocycles. The number of hydrogen-bond acceptors (Lipinski definition) is 3. The SMILES string of the molecule is Cc1ccc(C)c(S(=O)(=O)C=CC#N)c1. The van der Waals surface area contributed by atoms with Crippen molar-refractivity contribution >= 4 is 9.84 Å². The number of benzene rings is 1.